The van der Waals surface area contributed by atoms with Crippen LogP contribution in [0.1, 0.15) is 30.0 Å². The molecule has 0 saturated heterocycles. The Kier molecular flexibility index (Phi) is 7.28. The van der Waals surface area contributed by atoms with Crippen LogP contribution in [0.5, 0.6) is 0 Å². The molecule has 0 atom stereocenters. The number of amides is 1. The Morgan fingerprint density at radius 3 is 2.44 bits per heavy atom. The summed E-state index contributed by atoms with van der Waals surface area (Å²) in [6.45, 7) is 3.75. The number of hydrogen-bond donors (Lipinski definition) is 1. The number of anilines is 2. The second-order valence-electron chi connectivity index (χ2n) is 7.77. The van der Waals surface area contributed by atoms with Crippen molar-refractivity contribution in [2.24, 2.45) is 0 Å². The summed E-state index contributed by atoms with van der Waals surface area (Å²) in [5.41, 5.74) is 2.12. The van der Waals surface area contributed by atoms with Crippen molar-refractivity contribution in [3.63, 3.8) is 0 Å². The maximum absolute atomic E-state index is 13.4. The van der Waals surface area contributed by atoms with E-state index in [0.29, 0.717) is 10.7 Å². The highest BCUT2D eigenvalue weighted by molar-refractivity contribution is 7.89. The molecule has 0 aliphatic heterocycles. The van der Waals surface area contributed by atoms with Gasteiger partial charge in [0.1, 0.15) is 0 Å². The van der Waals surface area contributed by atoms with Gasteiger partial charge in [-0.2, -0.15) is 4.31 Å². The summed E-state index contributed by atoms with van der Waals surface area (Å²) in [5, 5.41) is 3.15. The monoisotopic (exact) mass is 475 g/mol. The van der Waals surface area contributed by atoms with Crippen LogP contribution >= 0.6 is 11.6 Å². The highest BCUT2D eigenvalue weighted by atomic mass is 35.5. The fourth-order valence-electron chi connectivity index (χ4n) is 3.30. The topological polar surface area (TPSA) is 82.9 Å². The fraction of sp³-hybridized carbons (Fsp3) is 0.261. The normalized spacial score (nSPS) is 11.7. The summed E-state index contributed by atoms with van der Waals surface area (Å²) in [4.78, 5) is 14.4. The van der Waals surface area contributed by atoms with Crippen LogP contribution in [-0.4, -0.2) is 38.8 Å². The molecule has 0 unspecified atom stereocenters. The van der Waals surface area contributed by atoms with Crippen LogP contribution in [0.15, 0.2) is 70.2 Å². The van der Waals surface area contributed by atoms with Gasteiger partial charge in [-0.3, -0.25) is 4.79 Å². The van der Waals surface area contributed by atoms with E-state index in [1.807, 2.05) is 38.9 Å². The summed E-state index contributed by atoms with van der Waals surface area (Å²) < 4.78 is 33.4. The third-order valence-corrected chi connectivity index (χ3v) is 7.12. The second-order valence-corrected chi connectivity index (χ2v) is 10.1. The first kappa shape index (κ1) is 23.8. The van der Waals surface area contributed by atoms with Crippen LogP contribution in [0, 0.1) is 0 Å². The molecule has 1 heterocycles. The van der Waals surface area contributed by atoms with E-state index in [2.05, 4.69) is 5.32 Å². The number of rotatable bonds is 8. The third kappa shape index (κ3) is 5.32. The zero-order chi connectivity index (χ0) is 23.5. The molecule has 9 heteroatoms. The molecule has 1 amide bonds. The summed E-state index contributed by atoms with van der Waals surface area (Å²) in [6, 6.07) is 14.5. The van der Waals surface area contributed by atoms with Gasteiger partial charge in [-0.25, -0.2) is 8.42 Å². The molecule has 0 bridgehead atoms. The van der Waals surface area contributed by atoms with Crippen molar-refractivity contribution in [2.45, 2.75) is 31.3 Å². The van der Waals surface area contributed by atoms with E-state index in [9.17, 15) is 13.2 Å². The Morgan fingerprint density at radius 2 is 1.84 bits per heavy atom. The number of nitrogens with one attached hydrogen (secondary N) is 1. The molecule has 170 valence electrons. The first-order valence-corrected chi connectivity index (χ1v) is 11.8. The molecular weight excluding hydrogens is 450 g/mol. The molecule has 0 aliphatic rings. The molecule has 3 rings (SSSR count). The number of benzene rings is 2. The molecule has 0 aliphatic carbocycles. The third-order valence-electron chi connectivity index (χ3n) is 4.87. The first-order chi connectivity index (χ1) is 15.1. The van der Waals surface area contributed by atoms with Crippen molar-refractivity contribution in [2.75, 3.05) is 24.3 Å². The SMILES string of the molecule is CC(C)N(Cc1cc(NC(=O)c2ccco2)ccc1N(C)C)S(=O)(=O)c1cccc(Cl)c1. The lowest BCUT2D eigenvalue weighted by Crippen LogP contribution is -2.36. The van der Waals surface area contributed by atoms with Gasteiger partial charge in [-0.05, 0) is 67.9 Å². The average Bonchev–Trinajstić information content (AvgIpc) is 3.26. The van der Waals surface area contributed by atoms with Gasteiger partial charge in [0.05, 0.1) is 11.2 Å². The molecule has 7 nitrogen and oxygen atoms in total. The van der Waals surface area contributed by atoms with Crippen LogP contribution < -0.4 is 10.2 Å². The molecular formula is C23H26ClN3O4S. The number of carbonyl (C=O) groups excluding carboxylic acids is 1. The zero-order valence-corrected chi connectivity index (χ0v) is 19.9. The van der Waals surface area contributed by atoms with E-state index in [0.717, 1.165) is 11.3 Å². The summed E-state index contributed by atoms with van der Waals surface area (Å²) >= 11 is 6.04. The van der Waals surface area contributed by atoms with E-state index in [1.54, 1.807) is 36.4 Å². The van der Waals surface area contributed by atoms with Crippen molar-refractivity contribution < 1.29 is 17.6 Å². The molecule has 1 N–H and O–H groups in total. The lowest BCUT2D eigenvalue weighted by Gasteiger charge is -2.28. The molecule has 2 aromatic carbocycles. The summed E-state index contributed by atoms with van der Waals surface area (Å²) in [7, 11) is -0.0467. The molecule has 1 aromatic heterocycles. The maximum Gasteiger partial charge on any atom is 0.291 e. The number of sulfonamides is 1. The van der Waals surface area contributed by atoms with E-state index >= 15 is 0 Å². The van der Waals surface area contributed by atoms with Gasteiger partial charge in [0, 0.05) is 43.1 Å². The van der Waals surface area contributed by atoms with Crippen LogP contribution in [-0.2, 0) is 16.6 Å². The number of furan rings is 1. The first-order valence-electron chi connectivity index (χ1n) is 10.0. The minimum absolute atomic E-state index is 0.116. The van der Waals surface area contributed by atoms with Gasteiger partial charge in [-0.15, -0.1) is 0 Å². The predicted molar refractivity (Wildman–Crippen MR) is 127 cm³/mol. The maximum atomic E-state index is 13.4. The molecule has 0 fully saturated rings. The Morgan fingerprint density at radius 1 is 1.09 bits per heavy atom. The Hall–Kier alpha value is -2.81. The van der Waals surface area contributed by atoms with Gasteiger partial charge in [0.15, 0.2) is 5.76 Å². The van der Waals surface area contributed by atoms with Gasteiger partial charge in [0.2, 0.25) is 10.0 Å². The van der Waals surface area contributed by atoms with Crippen LogP contribution in [0.4, 0.5) is 11.4 Å². The second kappa shape index (κ2) is 9.77. The van der Waals surface area contributed by atoms with E-state index in [1.165, 1.54) is 22.7 Å². The zero-order valence-electron chi connectivity index (χ0n) is 18.4. The van der Waals surface area contributed by atoms with Crippen molar-refractivity contribution in [3.05, 3.63) is 77.2 Å². The van der Waals surface area contributed by atoms with E-state index in [-0.39, 0.29) is 29.1 Å². The number of carbonyl (C=O) groups is 1. The van der Waals surface area contributed by atoms with Crippen molar-refractivity contribution >= 4 is 38.9 Å². The number of nitrogens with zero attached hydrogens (tertiary/aromatic N) is 2. The van der Waals surface area contributed by atoms with Crippen LogP contribution in [0.2, 0.25) is 5.02 Å². The van der Waals surface area contributed by atoms with Gasteiger partial charge >= 0.3 is 0 Å². The lowest BCUT2D eigenvalue weighted by molar-refractivity contribution is 0.0996. The van der Waals surface area contributed by atoms with Crippen molar-refractivity contribution in [1.29, 1.82) is 0 Å². The Bertz CT molecular complexity index is 1190. The molecule has 32 heavy (non-hydrogen) atoms. The quantitative estimate of drug-likeness (QED) is 0.503. The Balaban J connectivity index is 1.97. The molecule has 0 radical (unpaired) electrons. The van der Waals surface area contributed by atoms with Gasteiger partial charge in [-0.1, -0.05) is 17.7 Å². The Labute approximate surface area is 193 Å². The summed E-state index contributed by atoms with van der Waals surface area (Å²) in [5.74, 6) is -0.193. The lowest BCUT2D eigenvalue weighted by atomic mass is 10.1. The fourth-order valence-corrected chi connectivity index (χ4v) is 5.22. The highest BCUT2D eigenvalue weighted by Crippen LogP contribution is 2.29. The smallest absolute Gasteiger partial charge is 0.291 e. The summed E-state index contributed by atoms with van der Waals surface area (Å²) in [6.07, 6.45) is 1.43. The van der Waals surface area contributed by atoms with Crippen molar-refractivity contribution in [3.8, 4) is 0 Å². The number of halogens is 1. The van der Waals surface area contributed by atoms with Crippen LogP contribution in [0.3, 0.4) is 0 Å². The molecule has 0 saturated carbocycles. The molecule has 3 aromatic rings. The van der Waals surface area contributed by atoms with Crippen LogP contribution in [0.25, 0.3) is 0 Å². The minimum atomic E-state index is -3.81. The van der Waals surface area contributed by atoms with E-state index < -0.39 is 10.0 Å². The largest absolute Gasteiger partial charge is 0.459 e. The number of hydrogen-bond acceptors (Lipinski definition) is 5. The van der Waals surface area contributed by atoms with Crippen molar-refractivity contribution in [1.82, 2.24) is 4.31 Å². The average molecular weight is 476 g/mol. The minimum Gasteiger partial charge on any atom is -0.459 e. The predicted octanol–water partition coefficient (Wildman–Crippen LogP) is 4.85. The van der Waals surface area contributed by atoms with E-state index in [4.69, 9.17) is 16.0 Å². The van der Waals surface area contributed by atoms with Gasteiger partial charge < -0.3 is 14.6 Å². The standard InChI is InChI=1S/C23H26ClN3O4S/c1-16(2)27(32(29,30)20-8-5-7-18(24)14-20)15-17-13-19(10-11-21(17)26(3)4)25-23(28)22-9-6-12-31-22/h5-14,16H,15H2,1-4H3,(H,25,28). The highest BCUT2D eigenvalue weighted by Gasteiger charge is 2.28. The molecule has 0 spiro atoms. The van der Waals surface area contributed by atoms with Gasteiger partial charge in [0.25, 0.3) is 5.91 Å².